The maximum Gasteiger partial charge on any atom is 0.245 e. The number of nitriles is 1. The van der Waals surface area contributed by atoms with E-state index in [9.17, 15) is 14.9 Å². The number of ketones is 1. The molecule has 2 heterocycles. The number of carbonyl (C=O) groups is 2. The molecule has 0 radical (unpaired) electrons. The molecule has 0 saturated heterocycles. The van der Waals surface area contributed by atoms with Crippen LogP contribution in [0.3, 0.4) is 0 Å². The summed E-state index contributed by atoms with van der Waals surface area (Å²) in [5.74, 6) is -0.669. The first-order valence-corrected chi connectivity index (χ1v) is 12.1. The molecule has 6 nitrogen and oxygen atoms in total. The number of nitrogens with two attached hydrogens (primary N) is 1. The van der Waals surface area contributed by atoms with Gasteiger partial charge in [0.2, 0.25) is 5.91 Å². The third-order valence-corrected chi connectivity index (χ3v) is 7.81. The van der Waals surface area contributed by atoms with Gasteiger partial charge in [0.15, 0.2) is 5.78 Å². The summed E-state index contributed by atoms with van der Waals surface area (Å²) in [4.78, 5) is 29.4. The Morgan fingerprint density at radius 2 is 1.74 bits per heavy atom. The number of halogens is 3. The van der Waals surface area contributed by atoms with Gasteiger partial charge in [0.1, 0.15) is 17.3 Å². The normalized spacial score (nSPS) is 22.8. The predicted molar refractivity (Wildman–Crippen MR) is 137 cm³/mol. The van der Waals surface area contributed by atoms with Crippen LogP contribution < -0.4 is 16.0 Å². The Bertz CT molecular complexity index is 1450. The molecule has 2 aromatic rings. The summed E-state index contributed by atoms with van der Waals surface area (Å²) in [5, 5.41) is 14.5. The van der Waals surface area contributed by atoms with Crippen molar-refractivity contribution < 1.29 is 9.59 Å². The molecular formula is C26H21Cl3N4O2. The van der Waals surface area contributed by atoms with Crippen molar-refractivity contribution >= 4 is 57.9 Å². The Morgan fingerprint density at radius 3 is 2.37 bits per heavy atom. The number of hydrogen-bond acceptors (Lipinski definition) is 5. The van der Waals surface area contributed by atoms with Gasteiger partial charge in [0, 0.05) is 38.3 Å². The zero-order valence-electron chi connectivity index (χ0n) is 19.2. The molecule has 2 aliphatic heterocycles. The fourth-order valence-corrected chi connectivity index (χ4v) is 6.24. The van der Waals surface area contributed by atoms with Crippen LogP contribution in [0, 0.1) is 23.7 Å². The largest absolute Gasteiger partial charge is 0.384 e. The summed E-state index contributed by atoms with van der Waals surface area (Å²) < 4.78 is 0. The van der Waals surface area contributed by atoms with Gasteiger partial charge < -0.3 is 11.1 Å². The lowest BCUT2D eigenvalue weighted by Gasteiger charge is -2.46. The SMILES string of the molecule is Cc1c(Cl)ccc2c1NC(=O)C21C(C#N)=C(N)N(c2cc(Cl)cc(Cl)c2)C2=C1C(=O)CC(C)(C)C2. The number of allylic oxidation sites excluding steroid dienone is 1. The molecule has 2 aromatic carbocycles. The molecule has 0 fully saturated rings. The highest BCUT2D eigenvalue weighted by atomic mass is 35.5. The summed E-state index contributed by atoms with van der Waals surface area (Å²) in [6.07, 6.45) is 0.653. The molecule has 35 heavy (non-hydrogen) atoms. The highest BCUT2D eigenvalue weighted by Gasteiger charge is 2.61. The van der Waals surface area contributed by atoms with Crippen LogP contribution in [-0.2, 0) is 15.0 Å². The number of benzene rings is 2. The van der Waals surface area contributed by atoms with E-state index in [4.69, 9.17) is 40.5 Å². The number of nitrogens with one attached hydrogen (secondary N) is 1. The maximum absolute atomic E-state index is 13.9. The van der Waals surface area contributed by atoms with E-state index in [1.165, 1.54) is 0 Å². The molecule has 0 saturated carbocycles. The van der Waals surface area contributed by atoms with Crippen molar-refractivity contribution in [3.63, 3.8) is 0 Å². The first kappa shape index (κ1) is 23.7. The maximum atomic E-state index is 13.9. The Balaban J connectivity index is 1.92. The van der Waals surface area contributed by atoms with Crippen LogP contribution in [0.1, 0.15) is 37.8 Å². The molecule has 3 aliphatic rings. The van der Waals surface area contributed by atoms with Crippen molar-refractivity contribution in [3.8, 4) is 6.07 Å². The average molecular weight is 528 g/mol. The van der Waals surface area contributed by atoms with E-state index >= 15 is 0 Å². The van der Waals surface area contributed by atoms with E-state index in [-0.39, 0.29) is 29.2 Å². The minimum absolute atomic E-state index is 0.0293. The van der Waals surface area contributed by atoms with E-state index in [0.717, 1.165) is 0 Å². The predicted octanol–water partition coefficient (Wildman–Crippen LogP) is 6.00. The van der Waals surface area contributed by atoms with Gasteiger partial charge in [0.25, 0.3) is 0 Å². The molecule has 1 amide bonds. The molecule has 3 N–H and O–H groups in total. The summed E-state index contributed by atoms with van der Waals surface area (Å²) in [5.41, 5.74) is 7.53. The van der Waals surface area contributed by atoms with Crippen molar-refractivity contribution in [3.05, 3.63) is 79.2 Å². The van der Waals surface area contributed by atoms with Crippen LogP contribution in [0.15, 0.2) is 53.0 Å². The topological polar surface area (TPSA) is 99.2 Å². The van der Waals surface area contributed by atoms with Crippen molar-refractivity contribution in [2.75, 3.05) is 10.2 Å². The summed E-state index contributed by atoms with van der Waals surface area (Å²) in [6.45, 7) is 5.75. The zero-order valence-corrected chi connectivity index (χ0v) is 21.5. The van der Waals surface area contributed by atoms with E-state index < -0.39 is 16.7 Å². The lowest BCUT2D eigenvalue weighted by Crippen LogP contribution is -2.52. The summed E-state index contributed by atoms with van der Waals surface area (Å²) >= 11 is 18.9. The van der Waals surface area contributed by atoms with E-state index in [1.807, 2.05) is 13.8 Å². The number of fused-ring (bicyclic) bond motifs is 3. The van der Waals surface area contributed by atoms with E-state index in [0.29, 0.717) is 49.7 Å². The third kappa shape index (κ3) is 3.22. The van der Waals surface area contributed by atoms with Crippen LogP contribution in [0.25, 0.3) is 0 Å². The standard InChI is InChI=1S/C26H21Cl3N4O2/c1-12-18(29)5-4-16-22(12)32-24(35)26(16)17(11-30)23(31)33(15-7-13(27)6-14(28)8-15)19-9-25(2,3)10-20(34)21(19)26/h4-8H,9-10,31H2,1-3H3,(H,32,35). The second kappa shape index (κ2) is 7.76. The fourth-order valence-electron chi connectivity index (χ4n) is 5.57. The molecule has 1 atom stereocenters. The Kier molecular flexibility index (Phi) is 5.27. The third-order valence-electron chi connectivity index (χ3n) is 6.97. The smallest absolute Gasteiger partial charge is 0.245 e. The first-order chi connectivity index (χ1) is 16.4. The summed E-state index contributed by atoms with van der Waals surface area (Å²) in [7, 11) is 0. The number of nitrogens with zero attached hydrogens (tertiary/aromatic N) is 2. The average Bonchev–Trinajstić information content (AvgIpc) is 3.02. The molecule has 0 bridgehead atoms. The van der Waals surface area contributed by atoms with E-state index in [2.05, 4.69) is 11.4 Å². The second-order valence-electron chi connectivity index (χ2n) is 9.90. The number of carbonyl (C=O) groups excluding carboxylic acids is 2. The Hall–Kier alpha value is -2.98. The molecule has 0 aromatic heterocycles. The van der Waals surface area contributed by atoms with Crippen molar-refractivity contribution in [2.45, 2.75) is 39.0 Å². The van der Waals surface area contributed by atoms with Crippen LogP contribution in [-0.4, -0.2) is 11.7 Å². The highest BCUT2D eigenvalue weighted by Crippen LogP contribution is 2.58. The Morgan fingerprint density at radius 1 is 1.09 bits per heavy atom. The number of anilines is 2. The highest BCUT2D eigenvalue weighted by molar-refractivity contribution is 6.35. The number of hydrogen-bond donors (Lipinski definition) is 2. The Labute approximate surface area is 217 Å². The van der Waals surface area contributed by atoms with E-state index in [1.54, 1.807) is 42.2 Å². The number of rotatable bonds is 1. The lowest BCUT2D eigenvalue weighted by molar-refractivity contribution is -0.123. The molecular weight excluding hydrogens is 507 g/mol. The minimum Gasteiger partial charge on any atom is -0.384 e. The van der Waals surface area contributed by atoms with Gasteiger partial charge in [-0.1, -0.05) is 54.7 Å². The van der Waals surface area contributed by atoms with Gasteiger partial charge in [-0.15, -0.1) is 0 Å². The minimum atomic E-state index is -1.68. The fraction of sp³-hybridized carbons (Fsp3) is 0.269. The zero-order chi connectivity index (χ0) is 25.4. The van der Waals surface area contributed by atoms with Gasteiger partial charge in [0.05, 0.1) is 16.9 Å². The van der Waals surface area contributed by atoms with Crippen LogP contribution >= 0.6 is 34.8 Å². The molecule has 1 spiro atoms. The first-order valence-electron chi connectivity index (χ1n) is 11.0. The molecule has 1 unspecified atom stereocenters. The molecule has 9 heteroatoms. The molecule has 1 aliphatic carbocycles. The van der Waals surface area contributed by atoms with Crippen LogP contribution in [0.2, 0.25) is 15.1 Å². The molecule has 5 rings (SSSR count). The van der Waals surface area contributed by atoms with Gasteiger partial charge in [-0.05, 0) is 48.6 Å². The van der Waals surface area contributed by atoms with Crippen LogP contribution in [0.5, 0.6) is 0 Å². The van der Waals surface area contributed by atoms with Gasteiger partial charge >= 0.3 is 0 Å². The van der Waals surface area contributed by atoms with Gasteiger partial charge in [-0.3, -0.25) is 14.5 Å². The van der Waals surface area contributed by atoms with Gasteiger partial charge in [-0.25, -0.2) is 0 Å². The lowest BCUT2D eigenvalue weighted by atomic mass is 9.60. The number of amides is 1. The van der Waals surface area contributed by atoms with Crippen LogP contribution in [0.4, 0.5) is 11.4 Å². The monoisotopic (exact) mass is 526 g/mol. The molecule has 178 valence electrons. The summed E-state index contributed by atoms with van der Waals surface area (Å²) in [6, 6.07) is 10.4. The van der Waals surface area contributed by atoms with Crippen molar-refractivity contribution in [1.82, 2.24) is 0 Å². The van der Waals surface area contributed by atoms with Gasteiger partial charge in [-0.2, -0.15) is 5.26 Å². The number of Topliss-reactive ketones (excluding diaryl/α,β-unsaturated/α-hetero) is 1. The quantitative estimate of drug-likeness (QED) is 0.474. The van der Waals surface area contributed by atoms with Crippen molar-refractivity contribution in [1.29, 1.82) is 5.26 Å². The van der Waals surface area contributed by atoms with Crippen molar-refractivity contribution in [2.24, 2.45) is 11.1 Å². The second-order valence-corrected chi connectivity index (χ2v) is 11.2.